The van der Waals surface area contributed by atoms with Crippen molar-refractivity contribution in [2.45, 2.75) is 20.0 Å². The summed E-state index contributed by atoms with van der Waals surface area (Å²) in [4.78, 5) is 24.2. The van der Waals surface area contributed by atoms with E-state index in [2.05, 4.69) is 19.8 Å². The van der Waals surface area contributed by atoms with Gasteiger partial charge in [0.05, 0.1) is 24.5 Å². The molecule has 5 heterocycles. The average Bonchev–Trinajstić information content (AvgIpc) is 2.88. The smallest absolute Gasteiger partial charge is 0.378 e. The Morgan fingerprint density at radius 3 is 2.14 bits per heavy atom. The van der Waals surface area contributed by atoms with E-state index >= 15 is 0 Å². The molecule has 0 spiro atoms. The molecule has 2 saturated heterocycles. The maximum atomic E-state index is 13.5. The van der Waals surface area contributed by atoms with Crippen LogP contribution in [0.15, 0.2) is 36.5 Å². The van der Waals surface area contributed by atoms with Gasteiger partial charge in [0.2, 0.25) is 5.95 Å². The number of ether oxygens (including phenoxy) is 1. The molecule has 0 N–H and O–H groups in total. The molecule has 0 saturated carbocycles. The van der Waals surface area contributed by atoms with E-state index in [4.69, 9.17) is 14.7 Å². The van der Waals surface area contributed by atoms with Gasteiger partial charge in [-0.1, -0.05) is 0 Å². The Kier molecular flexibility index (Phi) is 6.65. The zero-order valence-electron chi connectivity index (χ0n) is 20.3. The van der Waals surface area contributed by atoms with Gasteiger partial charge in [-0.3, -0.25) is 4.98 Å². The first-order valence-electron chi connectivity index (χ1n) is 12.0. The maximum absolute atomic E-state index is 13.5. The minimum Gasteiger partial charge on any atom is -0.378 e. The van der Waals surface area contributed by atoms with E-state index < -0.39 is 11.7 Å². The number of alkyl halides is 3. The number of rotatable bonds is 4. The molecule has 0 amide bonds. The normalized spacial score (nSPS) is 17.0. The van der Waals surface area contributed by atoms with Crippen molar-refractivity contribution in [3.63, 3.8) is 0 Å². The molecule has 0 aromatic carbocycles. The predicted molar refractivity (Wildman–Crippen MR) is 131 cm³/mol. The van der Waals surface area contributed by atoms with E-state index in [-0.39, 0.29) is 5.82 Å². The highest BCUT2D eigenvalue weighted by molar-refractivity contribution is 5.66. The fourth-order valence-electron chi connectivity index (χ4n) is 4.64. The minimum absolute atomic E-state index is 0.0234. The summed E-state index contributed by atoms with van der Waals surface area (Å²) in [6.07, 6.45) is -3.04. The van der Waals surface area contributed by atoms with Crippen molar-refractivity contribution in [3.05, 3.63) is 53.5 Å². The van der Waals surface area contributed by atoms with Crippen LogP contribution in [0.4, 0.5) is 30.8 Å². The number of halogens is 3. The molecule has 5 rings (SSSR count). The number of nitrogens with zero attached hydrogens (tertiary/aromatic N) is 7. The Morgan fingerprint density at radius 2 is 1.47 bits per heavy atom. The van der Waals surface area contributed by atoms with E-state index in [0.29, 0.717) is 58.4 Å². The van der Waals surface area contributed by atoms with Crippen LogP contribution in [0.25, 0.3) is 11.3 Å². The molecule has 3 aromatic heterocycles. The van der Waals surface area contributed by atoms with Gasteiger partial charge in [-0.25, -0.2) is 9.97 Å². The number of aromatic nitrogens is 4. The van der Waals surface area contributed by atoms with Gasteiger partial charge < -0.3 is 19.4 Å². The summed E-state index contributed by atoms with van der Waals surface area (Å²) >= 11 is 0. The van der Waals surface area contributed by atoms with Crippen molar-refractivity contribution in [2.75, 3.05) is 67.2 Å². The number of piperazine rings is 1. The summed E-state index contributed by atoms with van der Waals surface area (Å²) in [6, 6.07) is 8.36. The number of pyridine rings is 2. The van der Waals surface area contributed by atoms with Gasteiger partial charge in [-0.05, 0) is 38.1 Å². The fourth-order valence-corrected chi connectivity index (χ4v) is 4.64. The predicted octanol–water partition coefficient (Wildman–Crippen LogP) is 3.73. The zero-order valence-corrected chi connectivity index (χ0v) is 20.3. The minimum atomic E-state index is -4.45. The van der Waals surface area contributed by atoms with Gasteiger partial charge in [0.1, 0.15) is 11.6 Å². The van der Waals surface area contributed by atoms with Crippen LogP contribution in [0.1, 0.15) is 17.0 Å². The van der Waals surface area contributed by atoms with Gasteiger partial charge >= 0.3 is 6.18 Å². The fraction of sp³-hybridized carbons (Fsp3) is 0.440. The van der Waals surface area contributed by atoms with Crippen molar-refractivity contribution in [2.24, 2.45) is 0 Å². The molecule has 3 aromatic rings. The van der Waals surface area contributed by atoms with Crippen LogP contribution >= 0.6 is 0 Å². The molecule has 2 aliphatic heterocycles. The summed E-state index contributed by atoms with van der Waals surface area (Å²) in [5.74, 6) is 1.36. The second-order valence-corrected chi connectivity index (χ2v) is 9.00. The number of anilines is 3. The molecule has 0 atom stereocenters. The lowest BCUT2D eigenvalue weighted by Gasteiger charge is -2.37. The molecule has 11 heteroatoms. The average molecular weight is 500 g/mol. The van der Waals surface area contributed by atoms with E-state index in [0.717, 1.165) is 34.5 Å². The van der Waals surface area contributed by atoms with Crippen molar-refractivity contribution in [1.29, 1.82) is 0 Å². The van der Waals surface area contributed by atoms with Crippen LogP contribution in [0.3, 0.4) is 0 Å². The Balaban J connectivity index is 1.43. The molecule has 190 valence electrons. The van der Waals surface area contributed by atoms with Crippen molar-refractivity contribution >= 4 is 17.6 Å². The summed E-state index contributed by atoms with van der Waals surface area (Å²) in [7, 11) is 0. The monoisotopic (exact) mass is 499 g/mol. The van der Waals surface area contributed by atoms with Gasteiger partial charge in [0.15, 0.2) is 0 Å². The van der Waals surface area contributed by atoms with Gasteiger partial charge in [0, 0.05) is 68.5 Å². The summed E-state index contributed by atoms with van der Waals surface area (Å²) in [5.41, 5.74) is 2.85. The van der Waals surface area contributed by atoms with Gasteiger partial charge in [-0.2, -0.15) is 18.2 Å². The van der Waals surface area contributed by atoms with Crippen molar-refractivity contribution < 1.29 is 17.9 Å². The quantitative estimate of drug-likeness (QED) is 0.538. The van der Waals surface area contributed by atoms with Gasteiger partial charge in [-0.15, -0.1) is 0 Å². The maximum Gasteiger partial charge on any atom is 0.419 e. The first kappa shape index (κ1) is 24.2. The molecule has 0 radical (unpaired) electrons. The number of hydrogen-bond donors (Lipinski definition) is 0. The van der Waals surface area contributed by atoms with Crippen LogP contribution in [-0.4, -0.2) is 72.4 Å². The van der Waals surface area contributed by atoms with Crippen LogP contribution in [0.5, 0.6) is 0 Å². The summed E-state index contributed by atoms with van der Waals surface area (Å²) in [5, 5.41) is 0. The first-order valence-corrected chi connectivity index (χ1v) is 12.0. The SMILES string of the molecule is Cc1cc(-c2cc(N3CCN(c4ncccc4C(F)(F)F)CC3)nc(N3CCOCC3)n2)cc(C)n1. The molecule has 0 bridgehead atoms. The van der Waals surface area contributed by atoms with E-state index in [9.17, 15) is 13.2 Å². The van der Waals surface area contributed by atoms with Crippen LogP contribution in [-0.2, 0) is 10.9 Å². The van der Waals surface area contributed by atoms with Gasteiger partial charge in [0.25, 0.3) is 0 Å². The highest BCUT2D eigenvalue weighted by Gasteiger charge is 2.36. The Labute approximate surface area is 207 Å². The Morgan fingerprint density at radius 1 is 0.806 bits per heavy atom. The molecule has 8 nitrogen and oxygen atoms in total. The molecule has 0 unspecified atom stereocenters. The molecule has 0 aliphatic carbocycles. The largest absolute Gasteiger partial charge is 0.419 e. The Hall–Kier alpha value is -3.47. The standard InChI is InChI=1S/C25H28F3N7O/c1-17-14-19(15-18(2)30-17)21-16-22(32-24(31-21)35-10-12-36-13-11-35)33-6-8-34(9-7-33)23-20(25(26,27)28)4-3-5-29-23/h3-5,14-16H,6-13H2,1-2H3. The summed E-state index contributed by atoms with van der Waals surface area (Å²) in [6.45, 7) is 8.36. The van der Waals surface area contributed by atoms with Crippen LogP contribution in [0.2, 0.25) is 0 Å². The zero-order chi connectivity index (χ0) is 25.3. The lowest BCUT2D eigenvalue weighted by atomic mass is 10.1. The molecule has 2 fully saturated rings. The molecular weight excluding hydrogens is 471 g/mol. The van der Waals surface area contributed by atoms with Crippen molar-refractivity contribution in [3.8, 4) is 11.3 Å². The topological polar surface area (TPSA) is 70.5 Å². The van der Waals surface area contributed by atoms with E-state index in [1.165, 1.54) is 12.3 Å². The summed E-state index contributed by atoms with van der Waals surface area (Å²) < 4.78 is 46.0. The molecule has 36 heavy (non-hydrogen) atoms. The lowest BCUT2D eigenvalue weighted by Crippen LogP contribution is -2.48. The highest BCUT2D eigenvalue weighted by Crippen LogP contribution is 2.36. The van der Waals surface area contributed by atoms with Crippen molar-refractivity contribution in [1.82, 2.24) is 19.9 Å². The third-order valence-electron chi connectivity index (χ3n) is 6.37. The highest BCUT2D eigenvalue weighted by atomic mass is 19.4. The number of morpholine rings is 1. The second kappa shape index (κ2) is 9.88. The van der Waals surface area contributed by atoms with Crippen LogP contribution < -0.4 is 14.7 Å². The first-order chi connectivity index (χ1) is 17.3. The molecule has 2 aliphatic rings. The third kappa shape index (κ3) is 5.20. The second-order valence-electron chi connectivity index (χ2n) is 9.00. The van der Waals surface area contributed by atoms with E-state index in [1.54, 1.807) is 4.90 Å². The van der Waals surface area contributed by atoms with Crippen LogP contribution in [0, 0.1) is 13.8 Å². The number of hydrogen-bond acceptors (Lipinski definition) is 8. The number of aryl methyl sites for hydroxylation is 2. The third-order valence-corrected chi connectivity index (χ3v) is 6.37. The van der Waals surface area contributed by atoms with E-state index in [1.807, 2.05) is 32.0 Å². The molecular formula is C25H28F3N7O. The lowest BCUT2D eigenvalue weighted by molar-refractivity contribution is -0.137. The Bertz CT molecular complexity index is 1200.